The van der Waals surface area contributed by atoms with Crippen molar-refractivity contribution in [1.82, 2.24) is 10.3 Å². The van der Waals surface area contributed by atoms with Crippen molar-refractivity contribution in [3.05, 3.63) is 47.2 Å². The molecule has 0 unspecified atom stereocenters. The number of alkyl halides is 2. The normalized spacial score (nSPS) is 15.4. The number of amides is 1. The number of carbonyl (C=O) groups excluding carboxylic acids is 1. The summed E-state index contributed by atoms with van der Waals surface area (Å²) in [6.45, 7) is 4.56. The van der Waals surface area contributed by atoms with Crippen LogP contribution >= 0.6 is 11.8 Å². The number of fused-ring (bicyclic) bond motifs is 1. The highest BCUT2D eigenvalue weighted by Crippen LogP contribution is 2.35. The Kier molecular flexibility index (Phi) is 6.15. The molecule has 0 fully saturated rings. The summed E-state index contributed by atoms with van der Waals surface area (Å²) in [6, 6.07) is 6.82. The molecule has 27 heavy (non-hydrogen) atoms. The third-order valence-electron chi connectivity index (χ3n) is 4.03. The largest absolute Gasteiger partial charge is 0.494 e. The Labute approximate surface area is 160 Å². The van der Waals surface area contributed by atoms with E-state index in [1.165, 1.54) is 12.3 Å². The third kappa shape index (κ3) is 4.68. The minimum atomic E-state index is -2.65. The van der Waals surface area contributed by atoms with Crippen molar-refractivity contribution < 1.29 is 23.0 Å². The van der Waals surface area contributed by atoms with Crippen LogP contribution in [-0.2, 0) is 13.0 Å². The van der Waals surface area contributed by atoms with Gasteiger partial charge in [-0.15, -0.1) is 0 Å². The number of pyridine rings is 1. The maximum absolute atomic E-state index is 12.7. The van der Waals surface area contributed by atoms with E-state index in [4.69, 9.17) is 9.47 Å². The molecule has 1 aromatic heterocycles. The molecule has 0 saturated carbocycles. The van der Waals surface area contributed by atoms with Crippen LogP contribution in [-0.4, -0.2) is 29.4 Å². The van der Waals surface area contributed by atoms with Crippen molar-refractivity contribution in [3.63, 3.8) is 0 Å². The fourth-order valence-electron chi connectivity index (χ4n) is 2.92. The fourth-order valence-corrected chi connectivity index (χ4v) is 3.50. The van der Waals surface area contributed by atoms with Crippen molar-refractivity contribution in [3.8, 4) is 11.5 Å². The van der Waals surface area contributed by atoms with Gasteiger partial charge in [0.1, 0.15) is 22.6 Å². The summed E-state index contributed by atoms with van der Waals surface area (Å²) in [7, 11) is 0. The summed E-state index contributed by atoms with van der Waals surface area (Å²) < 4.78 is 36.8. The lowest BCUT2D eigenvalue weighted by atomic mass is 10.1. The second-order valence-electron chi connectivity index (χ2n) is 6.05. The quantitative estimate of drug-likeness (QED) is 0.718. The first-order chi connectivity index (χ1) is 13.0. The average molecular weight is 394 g/mol. The number of halogens is 2. The van der Waals surface area contributed by atoms with Crippen molar-refractivity contribution in [2.45, 2.75) is 43.7 Å². The van der Waals surface area contributed by atoms with Crippen LogP contribution in [0.3, 0.4) is 0 Å². The van der Waals surface area contributed by atoms with Gasteiger partial charge >= 0.3 is 0 Å². The number of nitrogens with one attached hydrogen (secondary N) is 1. The average Bonchev–Trinajstić information content (AvgIpc) is 2.98. The topological polar surface area (TPSA) is 60.5 Å². The first kappa shape index (κ1) is 19.4. The van der Waals surface area contributed by atoms with E-state index in [2.05, 4.69) is 10.3 Å². The molecule has 1 N–H and O–H groups in total. The Balaban J connectivity index is 1.77. The number of carbonyl (C=O) groups is 1. The molecule has 1 amide bonds. The molecular weight excluding hydrogens is 374 g/mol. The first-order valence-corrected chi connectivity index (χ1v) is 9.49. The number of aromatic nitrogens is 1. The van der Waals surface area contributed by atoms with E-state index in [0.29, 0.717) is 12.4 Å². The van der Waals surface area contributed by atoms with Crippen molar-refractivity contribution >= 4 is 17.7 Å². The number of nitrogens with zero attached hydrogens (tertiary/aromatic N) is 1. The summed E-state index contributed by atoms with van der Waals surface area (Å²) >= 11 is 0.253. The van der Waals surface area contributed by atoms with Gasteiger partial charge in [0.25, 0.3) is 11.7 Å². The Morgan fingerprint density at radius 2 is 2.30 bits per heavy atom. The van der Waals surface area contributed by atoms with Gasteiger partial charge in [-0.1, -0.05) is 0 Å². The van der Waals surface area contributed by atoms with Crippen molar-refractivity contribution in [1.29, 1.82) is 0 Å². The SMILES string of the molecule is CCOc1cc2c(cc1CNC(=O)c1cccnc1SC(F)F)O[C@@H](C)C2. The van der Waals surface area contributed by atoms with E-state index in [-0.39, 0.29) is 35.0 Å². The van der Waals surface area contributed by atoms with Crippen LogP contribution in [0.1, 0.15) is 35.3 Å². The zero-order valence-corrected chi connectivity index (χ0v) is 15.8. The number of hydrogen-bond donors (Lipinski definition) is 1. The molecule has 2 aromatic rings. The van der Waals surface area contributed by atoms with Gasteiger partial charge in [0.05, 0.1) is 12.2 Å². The van der Waals surface area contributed by atoms with E-state index in [0.717, 1.165) is 23.3 Å². The smallest absolute Gasteiger partial charge is 0.290 e. The van der Waals surface area contributed by atoms with E-state index in [1.807, 2.05) is 26.0 Å². The number of thioether (sulfide) groups is 1. The molecule has 2 heterocycles. The third-order valence-corrected chi connectivity index (χ3v) is 4.76. The number of ether oxygens (including phenoxy) is 2. The molecule has 3 rings (SSSR count). The molecule has 1 aliphatic heterocycles. The fraction of sp³-hybridized carbons (Fsp3) is 0.368. The minimum Gasteiger partial charge on any atom is -0.494 e. The second kappa shape index (κ2) is 8.56. The van der Waals surface area contributed by atoms with Crippen LogP contribution in [0.2, 0.25) is 0 Å². The maximum atomic E-state index is 12.7. The number of rotatable bonds is 7. The van der Waals surface area contributed by atoms with Gasteiger partial charge in [-0.25, -0.2) is 4.98 Å². The Hall–Kier alpha value is -2.35. The zero-order chi connectivity index (χ0) is 19.4. The molecule has 8 heteroatoms. The Morgan fingerprint density at radius 3 is 3.04 bits per heavy atom. The molecule has 0 bridgehead atoms. The lowest BCUT2D eigenvalue weighted by Crippen LogP contribution is -2.24. The standard InChI is InChI=1S/C19H20F2N2O3S/c1-3-25-15-8-12-7-11(2)26-16(12)9-13(15)10-23-17(24)14-5-4-6-22-18(14)27-19(20)21/h4-6,8-9,11,19H,3,7,10H2,1-2H3,(H,23,24)/t11-/m0/s1. The molecule has 1 aromatic carbocycles. The van der Waals surface area contributed by atoms with Gasteiger partial charge in [-0.3, -0.25) is 4.79 Å². The summed E-state index contributed by atoms with van der Waals surface area (Å²) in [5, 5.41) is 2.76. The van der Waals surface area contributed by atoms with Crippen LogP contribution in [0.15, 0.2) is 35.5 Å². The highest BCUT2D eigenvalue weighted by Gasteiger charge is 2.22. The van der Waals surface area contributed by atoms with Gasteiger partial charge in [0, 0.05) is 30.3 Å². The molecule has 144 valence electrons. The number of benzene rings is 1. The zero-order valence-electron chi connectivity index (χ0n) is 15.0. The predicted molar refractivity (Wildman–Crippen MR) is 98.7 cm³/mol. The van der Waals surface area contributed by atoms with Crippen molar-refractivity contribution in [2.75, 3.05) is 6.61 Å². The highest BCUT2D eigenvalue weighted by molar-refractivity contribution is 7.99. The summed E-state index contributed by atoms with van der Waals surface area (Å²) in [5.74, 6) is -1.65. The van der Waals surface area contributed by atoms with Gasteiger partial charge in [-0.05, 0) is 49.9 Å². The summed E-state index contributed by atoms with van der Waals surface area (Å²) in [4.78, 5) is 16.4. The van der Waals surface area contributed by atoms with Gasteiger partial charge in [0.15, 0.2) is 0 Å². The van der Waals surface area contributed by atoms with Gasteiger partial charge < -0.3 is 14.8 Å². The van der Waals surface area contributed by atoms with E-state index < -0.39 is 11.7 Å². The highest BCUT2D eigenvalue weighted by atomic mass is 32.2. The van der Waals surface area contributed by atoms with E-state index in [9.17, 15) is 13.6 Å². The molecule has 1 atom stereocenters. The molecular formula is C19H20F2N2O3S. The predicted octanol–water partition coefficient (Wildman–Crippen LogP) is 4.05. The van der Waals surface area contributed by atoms with Gasteiger partial charge in [-0.2, -0.15) is 8.78 Å². The summed E-state index contributed by atoms with van der Waals surface area (Å²) in [6.07, 6.45) is 2.29. The van der Waals surface area contributed by atoms with Gasteiger partial charge in [0.2, 0.25) is 0 Å². The second-order valence-corrected chi connectivity index (χ2v) is 7.03. The monoisotopic (exact) mass is 394 g/mol. The molecule has 0 saturated heterocycles. The van der Waals surface area contributed by atoms with E-state index >= 15 is 0 Å². The Bertz CT molecular complexity index is 833. The van der Waals surface area contributed by atoms with Crippen LogP contribution in [0.4, 0.5) is 8.78 Å². The van der Waals surface area contributed by atoms with Crippen molar-refractivity contribution in [2.24, 2.45) is 0 Å². The van der Waals surface area contributed by atoms with Crippen LogP contribution in [0.25, 0.3) is 0 Å². The molecule has 5 nitrogen and oxygen atoms in total. The summed E-state index contributed by atoms with van der Waals surface area (Å²) in [5.41, 5.74) is 1.96. The molecule has 0 radical (unpaired) electrons. The van der Waals surface area contributed by atoms with Crippen LogP contribution in [0.5, 0.6) is 11.5 Å². The lowest BCUT2D eigenvalue weighted by Gasteiger charge is -2.14. The van der Waals surface area contributed by atoms with Crippen LogP contribution < -0.4 is 14.8 Å². The molecule has 1 aliphatic rings. The van der Waals surface area contributed by atoms with Crippen LogP contribution in [0, 0.1) is 0 Å². The number of hydrogen-bond acceptors (Lipinski definition) is 5. The lowest BCUT2D eigenvalue weighted by molar-refractivity contribution is 0.0947. The molecule has 0 aliphatic carbocycles. The Morgan fingerprint density at radius 1 is 1.48 bits per heavy atom. The maximum Gasteiger partial charge on any atom is 0.290 e. The van der Waals surface area contributed by atoms with E-state index in [1.54, 1.807) is 6.07 Å². The first-order valence-electron chi connectivity index (χ1n) is 8.61. The molecule has 0 spiro atoms. The minimum absolute atomic E-state index is 0.00106.